The molecule has 6 nitrogen and oxygen atoms in total. The predicted molar refractivity (Wildman–Crippen MR) is 120 cm³/mol. The Balaban J connectivity index is 1.62. The van der Waals surface area contributed by atoms with Gasteiger partial charge in [-0.2, -0.15) is 0 Å². The summed E-state index contributed by atoms with van der Waals surface area (Å²) in [5, 5.41) is 3.16. The molecule has 1 saturated heterocycles. The Kier molecular flexibility index (Phi) is 7.21. The highest BCUT2D eigenvalue weighted by atomic mass is 16.5. The van der Waals surface area contributed by atoms with Gasteiger partial charge in [0.25, 0.3) is 0 Å². The van der Waals surface area contributed by atoms with Crippen molar-refractivity contribution in [2.75, 3.05) is 21.3 Å². The zero-order chi connectivity index (χ0) is 22.4. The summed E-state index contributed by atoms with van der Waals surface area (Å²) in [5.41, 5.74) is 3.00. The SMILES string of the molecule is COc1ccc(CN(C)C(=O)CCC2(Cc3ccc(C)cc3)CCC(=O)N2)cc1OC. The number of hydrogen-bond donors (Lipinski definition) is 1. The van der Waals surface area contributed by atoms with Gasteiger partial charge < -0.3 is 19.7 Å². The number of rotatable bonds is 9. The van der Waals surface area contributed by atoms with Crippen molar-refractivity contribution in [2.24, 2.45) is 0 Å². The number of carbonyl (C=O) groups is 2. The van der Waals surface area contributed by atoms with E-state index in [0.717, 1.165) is 18.4 Å². The molecular weight excluding hydrogens is 392 g/mol. The maximum atomic E-state index is 12.9. The number of amides is 2. The third-order valence-electron chi connectivity index (χ3n) is 6.01. The Morgan fingerprint density at radius 3 is 2.35 bits per heavy atom. The molecule has 0 bridgehead atoms. The van der Waals surface area contributed by atoms with Crippen molar-refractivity contribution in [3.8, 4) is 11.5 Å². The van der Waals surface area contributed by atoms with Crippen LogP contribution in [0.2, 0.25) is 0 Å². The van der Waals surface area contributed by atoms with Crippen LogP contribution >= 0.6 is 0 Å². The van der Waals surface area contributed by atoms with Crippen LogP contribution in [0.5, 0.6) is 11.5 Å². The Labute approximate surface area is 184 Å². The molecule has 1 fully saturated rings. The van der Waals surface area contributed by atoms with Crippen LogP contribution in [0.1, 0.15) is 42.4 Å². The highest BCUT2D eigenvalue weighted by Crippen LogP contribution is 2.31. The average Bonchev–Trinajstić information content (AvgIpc) is 3.14. The standard InChI is InChI=1S/C25H32N2O4/c1-18-5-7-19(8-6-18)16-25(13-11-23(28)26-25)14-12-24(29)27(2)17-20-9-10-21(30-3)22(15-20)31-4/h5-10,15H,11-14,16-17H2,1-4H3,(H,26,28). The van der Waals surface area contributed by atoms with Crippen LogP contribution < -0.4 is 14.8 Å². The first-order valence-electron chi connectivity index (χ1n) is 10.7. The lowest BCUT2D eigenvalue weighted by Gasteiger charge is -2.30. The number of hydrogen-bond acceptors (Lipinski definition) is 4. The maximum Gasteiger partial charge on any atom is 0.222 e. The number of methoxy groups -OCH3 is 2. The van der Waals surface area contributed by atoms with Crippen molar-refractivity contribution < 1.29 is 19.1 Å². The molecule has 0 spiro atoms. The van der Waals surface area contributed by atoms with Crippen molar-refractivity contribution in [2.45, 2.75) is 51.1 Å². The zero-order valence-electron chi connectivity index (χ0n) is 18.9. The minimum Gasteiger partial charge on any atom is -0.493 e. The molecule has 1 N–H and O–H groups in total. The van der Waals surface area contributed by atoms with Gasteiger partial charge in [0.1, 0.15) is 0 Å². The second kappa shape index (κ2) is 9.86. The third-order valence-corrected chi connectivity index (χ3v) is 6.01. The van der Waals surface area contributed by atoms with E-state index in [1.807, 2.05) is 18.2 Å². The zero-order valence-corrected chi connectivity index (χ0v) is 18.9. The molecule has 6 heteroatoms. The summed E-state index contributed by atoms with van der Waals surface area (Å²) in [4.78, 5) is 26.6. The minimum absolute atomic E-state index is 0.0548. The molecule has 0 aromatic heterocycles. The highest BCUT2D eigenvalue weighted by molar-refractivity contribution is 5.80. The number of carbonyl (C=O) groups excluding carboxylic acids is 2. The van der Waals surface area contributed by atoms with Crippen molar-refractivity contribution >= 4 is 11.8 Å². The van der Waals surface area contributed by atoms with Crippen LogP contribution in [0.15, 0.2) is 42.5 Å². The van der Waals surface area contributed by atoms with Gasteiger partial charge >= 0.3 is 0 Å². The number of nitrogens with one attached hydrogen (secondary N) is 1. The fraction of sp³-hybridized carbons (Fsp3) is 0.440. The van der Waals surface area contributed by atoms with Crippen LogP contribution in [-0.2, 0) is 22.6 Å². The summed E-state index contributed by atoms with van der Waals surface area (Å²) in [6.45, 7) is 2.54. The van der Waals surface area contributed by atoms with Gasteiger partial charge in [-0.05, 0) is 49.4 Å². The molecular formula is C25H32N2O4. The summed E-state index contributed by atoms with van der Waals surface area (Å²) in [6.07, 6.45) is 3.03. The predicted octanol–water partition coefficient (Wildman–Crippen LogP) is 3.64. The molecule has 0 saturated carbocycles. The van der Waals surface area contributed by atoms with Gasteiger partial charge in [-0.1, -0.05) is 35.9 Å². The lowest BCUT2D eigenvalue weighted by molar-refractivity contribution is -0.131. The first-order valence-corrected chi connectivity index (χ1v) is 10.7. The van der Waals surface area contributed by atoms with Gasteiger partial charge in [0.15, 0.2) is 11.5 Å². The van der Waals surface area contributed by atoms with E-state index < -0.39 is 0 Å². The Morgan fingerprint density at radius 2 is 1.74 bits per heavy atom. The fourth-order valence-electron chi connectivity index (χ4n) is 4.16. The van der Waals surface area contributed by atoms with E-state index in [4.69, 9.17) is 9.47 Å². The summed E-state index contributed by atoms with van der Waals surface area (Å²) in [7, 11) is 5.00. The van der Waals surface area contributed by atoms with Crippen molar-refractivity contribution in [1.82, 2.24) is 10.2 Å². The van der Waals surface area contributed by atoms with Gasteiger partial charge in [0.2, 0.25) is 11.8 Å². The Morgan fingerprint density at radius 1 is 1.06 bits per heavy atom. The largest absolute Gasteiger partial charge is 0.493 e. The molecule has 1 unspecified atom stereocenters. The minimum atomic E-state index is -0.355. The molecule has 31 heavy (non-hydrogen) atoms. The average molecular weight is 425 g/mol. The normalized spacial score (nSPS) is 17.9. The molecule has 166 valence electrons. The van der Waals surface area contributed by atoms with E-state index in [9.17, 15) is 9.59 Å². The van der Waals surface area contributed by atoms with E-state index in [1.165, 1.54) is 11.1 Å². The van der Waals surface area contributed by atoms with E-state index in [0.29, 0.717) is 37.3 Å². The lowest BCUT2D eigenvalue weighted by atomic mass is 9.84. The van der Waals surface area contributed by atoms with Crippen LogP contribution in [0, 0.1) is 6.92 Å². The van der Waals surface area contributed by atoms with Gasteiger partial charge in [0.05, 0.1) is 14.2 Å². The molecule has 3 rings (SSSR count). The number of benzene rings is 2. The molecule has 1 atom stereocenters. The number of ether oxygens (including phenoxy) is 2. The lowest BCUT2D eigenvalue weighted by Crippen LogP contribution is -2.44. The van der Waals surface area contributed by atoms with Gasteiger partial charge in [-0.15, -0.1) is 0 Å². The second-order valence-electron chi connectivity index (χ2n) is 8.43. The first-order chi connectivity index (χ1) is 14.8. The molecule has 1 heterocycles. The van der Waals surface area contributed by atoms with Crippen molar-refractivity contribution in [3.63, 3.8) is 0 Å². The molecule has 0 aliphatic carbocycles. The fourth-order valence-corrected chi connectivity index (χ4v) is 4.16. The van der Waals surface area contributed by atoms with E-state index in [-0.39, 0.29) is 17.4 Å². The summed E-state index contributed by atoms with van der Waals surface area (Å²) >= 11 is 0. The van der Waals surface area contributed by atoms with Gasteiger partial charge in [-0.25, -0.2) is 0 Å². The molecule has 1 aliphatic heterocycles. The van der Waals surface area contributed by atoms with E-state index in [2.05, 4.69) is 36.5 Å². The first kappa shape index (κ1) is 22.7. The van der Waals surface area contributed by atoms with Crippen LogP contribution in [-0.4, -0.2) is 43.5 Å². The van der Waals surface area contributed by atoms with Gasteiger partial charge in [0, 0.05) is 32.0 Å². The summed E-state index contributed by atoms with van der Waals surface area (Å²) in [6, 6.07) is 14.0. The maximum absolute atomic E-state index is 12.9. The van der Waals surface area contributed by atoms with Crippen LogP contribution in [0.25, 0.3) is 0 Å². The Hall–Kier alpha value is -3.02. The quantitative estimate of drug-likeness (QED) is 0.667. The molecule has 1 aliphatic rings. The van der Waals surface area contributed by atoms with Gasteiger partial charge in [-0.3, -0.25) is 9.59 Å². The number of nitrogens with zero attached hydrogens (tertiary/aromatic N) is 1. The van der Waals surface area contributed by atoms with E-state index in [1.54, 1.807) is 26.2 Å². The van der Waals surface area contributed by atoms with Crippen LogP contribution in [0.3, 0.4) is 0 Å². The Bertz CT molecular complexity index is 926. The highest BCUT2D eigenvalue weighted by Gasteiger charge is 2.38. The van der Waals surface area contributed by atoms with Crippen LogP contribution in [0.4, 0.5) is 0 Å². The molecule has 2 amide bonds. The van der Waals surface area contributed by atoms with Crippen molar-refractivity contribution in [3.05, 3.63) is 59.2 Å². The third kappa shape index (κ3) is 5.78. The number of aryl methyl sites for hydroxylation is 1. The van der Waals surface area contributed by atoms with E-state index >= 15 is 0 Å². The smallest absolute Gasteiger partial charge is 0.222 e. The molecule has 2 aromatic carbocycles. The van der Waals surface area contributed by atoms with Crippen molar-refractivity contribution in [1.29, 1.82) is 0 Å². The molecule has 2 aromatic rings. The second-order valence-corrected chi connectivity index (χ2v) is 8.43. The summed E-state index contributed by atoms with van der Waals surface area (Å²) < 4.78 is 10.6. The topological polar surface area (TPSA) is 67.9 Å². The summed E-state index contributed by atoms with van der Waals surface area (Å²) in [5.74, 6) is 1.43. The molecule has 0 radical (unpaired) electrons. The monoisotopic (exact) mass is 424 g/mol.